The Kier molecular flexibility index (Phi) is 6.15. The third-order valence-electron chi connectivity index (χ3n) is 6.21. The number of rotatable bonds is 6. The van der Waals surface area contributed by atoms with Crippen molar-refractivity contribution >= 4 is 38.8 Å². The van der Waals surface area contributed by atoms with Gasteiger partial charge >= 0.3 is 5.69 Å². The van der Waals surface area contributed by atoms with Gasteiger partial charge in [-0.15, -0.1) is 11.3 Å². The van der Waals surface area contributed by atoms with Crippen molar-refractivity contribution in [3.05, 3.63) is 89.9 Å². The van der Waals surface area contributed by atoms with Crippen LogP contribution in [-0.2, 0) is 24.2 Å². The summed E-state index contributed by atoms with van der Waals surface area (Å²) in [6.07, 6.45) is 3.52. The summed E-state index contributed by atoms with van der Waals surface area (Å²) in [5, 5.41) is 14.2. The summed E-state index contributed by atoms with van der Waals surface area (Å²) in [6.45, 7) is -0.353. The summed E-state index contributed by atoms with van der Waals surface area (Å²) in [4.78, 5) is 52.3. The summed E-state index contributed by atoms with van der Waals surface area (Å²) >= 11 is 1.38. The van der Waals surface area contributed by atoms with Crippen molar-refractivity contribution in [2.75, 3.05) is 12.4 Å². The normalized spacial score (nSPS) is 12.8. The predicted molar refractivity (Wildman–Crippen MR) is 137 cm³/mol. The van der Waals surface area contributed by atoms with Crippen molar-refractivity contribution in [1.82, 2.24) is 9.13 Å². The highest BCUT2D eigenvalue weighted by Gasteiger charge is 2.25. The van der Waals surface area contributed by atoms with Gasteiger partial charge in [0.15, 0.2) is 0 Å². The van der Waals surface area contributed by atoms with E-state index in [9.17, 15) is 24.5 Å². The number of carbonyl (C=O) groups is 1. The molecule has 1 amide bonds. The number of nitro benzene ring substituents is 1. The fourth-order valence-corrected chi connectivity index (χ4v) is 5.88. The Morgan fingerprint density at radius 3 is 2.61 bits per heavy atom. The van der Waals surface area contributed by atoms with Gasteiger partial charge in [0.2, 0.25) is 5.91 Å². The van der Waals surface area contributed by atoms with Gasteiger partial charge in [0, 0.05) is 22.7 Å². The molecule has 2 heterocycles. The minimum atomic E-state index is -0.634. The van der Waals surface area contributed by atoms with E-state index in [2.05, 4.69) is 5.32 Å². The topological polar surface area (TPSA) is 125 Å². The first-order valence-corrected chi connectivity index (χ1v) is 12.2. The molecule has 36 heavy (non-hydrogen) atoms. The molecular formula is C25H22N4O6S. The van der Waals surface area contributed by atoms with E-state index in [1.807, 2.05) is 0 Å². The van der Waals surface area contributed by atoms with Gasteiger partial charge in [-0.3, -0.25) is 24.3 Å². The molecule has 4 aromatic rings. The molecule has 0 bridgehead atoms. The number of amides is 1. The first-order valence-electron chi connectivity index (χ1n) is 11.4. The SMILES string of the molecule is COc1ccc(-n2c(=O)c3c4c(sc3n(CC(=O)Nc3cccc([N+](=O)[O-])c3)c2=O)CCCC4)cc1. The second-order valence-corrected chi connectivity index (χ2v) is 9.54. The van der Waals surface area contributed by atoms with E-state index in [1.165, 1.54) is 47.3 Å². The zero-order valence-corrected chi connectivity index (χ0v) is 20.2. The molecule has 10 nitrogen and oxygen atoms in total. The van der Waals surface area contributed by atoms with Crippen LogP contribution in [0.5, 0.6) is 5.75 Å². The van der Waals surface area contributed by atoms with E-state index >= 15 is 0 Å². The standard InChI is InChI=1S/C25H22N4O6S/c1-35-18-11-9-16(10-12-18)28-23(31)22-19-7-2-3-8-20(19)36-24(22)27(25(28)32)14-21(30)26-15-5-4-6-17(13-15)29(33)34/h4-6,9-13H,2-3,7-8,14H2,1H3,(H,26,30). The first-order chi connectivity index (χ1) is 17.4. The minimum absolute atomic E-state index is 0.161. The number of benzene rings is 2. The lowest BCUT2D eigenvalue weighted by molar-refractivity contribution is -0.384. The number of nitrogens with one attached hydrogen (secondary N) is 1. The van der Waals surface area contributed by atoms with E-state index in [0.717, 1.165) is 40.7 Å². The summed E-state index contributed by atoms with van der Waals surface area (Å²) in [5.74, 6) is 0.0441. The van der Waals surface area contributed by atoms with Gasteiger partial charge in [-0.05, 0) is 61.6 Å². The Hall–Kier alpha value is -4.25. The number of hydrogen-bond donors (Lipinski definition) is 1. The molecule has 0 unspecified atom stereocenters. The number of nitro groups is 1. The summed E-state index contributed by atoms with van der Waals surface area (Å²) < 4.78 is 7.59. The molecule has 0 radical (unpaired) electrons. The Morgan fingerprint density at radius 2 is 1.89 bits per heavy atom. The van der Waals surface area contributed by atoms with Crippen LogP contribution in [0.4, 0.5) is 11.4 Å². The average Bonchev–Trinajstić information content (AvgIpc) is 3.27. The van der Waals surface area contributed by atoms with Gasteiger partial charge in [-0.2, -0.15) is 0 Å². The molecule has 0 saturated carbocycles. The van der Waals surface area contributed by atoms with Gasteiger partial charge in [0.1, 0.15) is 17.1 Å². The van der Waals surface area contributed by atoms with E-state index in [0.29, 0.717) is 21.7 Å². The fourth-order valence-electron chi connectivity index (χ4n) is 4.51. The zero-order chi connectivity index (χ0) is 25.4. The predicted octanol–water partition coefficient (Wildman–Crippen LogP) is 3.65. The molecule has 0 atom stereocenters. The van der Waals surface area contributed by atoms with Crippen molar-refractivity contribution < 1.29 is 14.5 Å². The van der Waals surface area contributed by atoms with E-state index in [-0.39, 0.29) is 17.9 Å². The summed E-state index contributed by atoms with van der Waals surface area (Å²) in [7, 11) is 1.53. The Bertz CT molecular complexity index is 1620. The number of nitrogens with zero attached hydrogens (tertiary/aromatic N) is 3. The van der Waals surface area contributed by atoms with Crippen molar-refractivity contribution in [2.45, 2.75) is 32.2 Å². The molecule has 0 spiro atoms. The molecule has 0 saturated heterocycles. The van der Waals surface area contributed by atoms with Crippen molar-refractivity contribution in [3.63, 3.8) is 0 Å². The quantitative estimate of drug-likeness (QED) is 0.314. The van der Waals surface area contributed by atoms with Gasteiger partial charge in [-0.1, -0.05) is 6.07 Å². The van der Waals surface area contributed by atoms with Crippen LogP contribution < -0.4 is 21.3 Å². The van der Waals surface area contributed by atoms with Gasteiger partial charge < -0.3 is 10.1 Å². The highest BCUT2D eigenvalue weighted by atomic mass is 32.1. The van der Waals surface area contributed by atoms with Crippen LogP contribution in [0.3, 0.4) is 0 Å². The highest BCUT2D eigenvalue weighted by molar-refractivity contribution is 7.18. The number of methoxy groups -OCH3 is 1. The summed E-state index contributed by atoms with van der Waals surface area (Å²) in [5.41, 5.74) is 0.358. The largest absolute Gasteiger partial charge is 0.497 e. The summed E-state index contributed by atoms with van der Waals surface area (Å²) in [6, 6.07) is 12.1. The maximum Gasteiger partial charge on any atom is 0.337 e. The van der Waals surface area contributed by atoms with Crippen LogP contribution >= 0.6 is 11.3 Å². The first kappa shape index (κ1) is 23.5. The maximum absolute atomic E-state index is 13.6. The lowest BCUT2D eigenvalue weighted by Gasteiger charge is -2.14. The van der Waals surface area contributed by atoms with Crippen LogP contribution in [0.1, 0.15) is 23.3 Å². The van der Waals surface area contributed by atoms with E-state index in [1.54, 1.807) is 24.3 Å². The second kappa shape index (κ2) is 9.42. The number of non-ortho nitro benzene ring substituents is 1. The van der Waals surface area contributed by atoms with Gasteiger partial charge in [0.05, 0.1) is 23.1 Å². The Balaban J connectivity index is 1.63. The number of fused-ring (bicyclic) bond motifs is 3. The van der Waals surface area contributed by atoms with Gasteiger partial charge in [0.25, 0.3) is 11.2 Å². The number of ether oxygens (including phenoxy) is 1. The number of carbonyl (C=O) groups excluding carboxylic acids is 1. The van der Waals surface area contributed by atoms with Crippen LogP contribution in [0, 0.1) is 10.1 Å². The van der Waals surface area contributed by atoms with E-state index < -0.39 is 22.1 Å². The molecule has 2 aromatic heterocycles. The molecule has 5 rings (SSSR count). The molecular weight excluding hydrogens is 484 g/mol. The molecule has 1 aliphatic carbocycles. The molecule has 2 aromatic carbocycles. The number of aryl methyl sites for hydroxylation is 2. The van der Waals surface area contributed by atoms with Crippen molar-refractivity contribution in [2.24, 2.45) is 0 Å². The van der Waals surface area contributed by atoms with E-state index in [4.69, 9.17) is 4.74 Å². The molecule has 1 N–H and O–H groups in total. The third-order valence-corrected chi connectivity index (χ3v) is 7.52. The molecule has 1 aliphatic rings. The lowest BCUT2D eigenvalue weighted by atomic mass is 9.97. The average molecular weight is 507 g/mol. The molecule has 11 heteroatoms. The number of anilines is 1. The van der Waals surface area contributed by atoms with Crippen molar-refractivity contribution in [3.8, 4) is 11.4 Å². The fraction of sp³-hybridized carbons (Fsp3) is 0.240. The van der Waals surface area contributed by atoms with Gasteiger partial charge in [-0.25, -0.2) is 9.36 Å². The molecule has 0 fully saturated rings. The van der Waals surface area contributed by atoms with Crippen LogP contribution in [0.15, 0.2) is 58.1 Å². The third kappa shape index (κ3) is 4.17. The highest BCUT2D eigenvalue weighted by Crippen LogP contribution is 2.34. The number of hydrogen-bond acceptors (Lipinski definition) is 7. The smallest absolute Gasteiger partial charge is 0.337 e. The zero-order valence-electron chi connectivity index (χ0n) is 19.4. The molecule has 0 aliphatic heterocycles. The van der Waals surface area contributed by atoms with Crippen LogP contribution in [0.25, 0.3) is 15.9 Å². The number of aromatic nitrogens is 2. The lowest BCUT2D eigenvalue weighted by Crippen LogP contribution is -2.40. The Labute approximate surface area is 208 Å². The maximum atomic E-state index is 13.6. The molecule has 184 valence electrons. The Morgan fingerprint density at radius 1 is 1.14 bits per heavy atom. The van der Waals surface area contributed by atoms with Crippen LogP contribution in [-0.4, -0.2) is 27.1 Å². The second-order valence-electron chi connectivity index (χ2n) is 8.45. The van der Waals surface area contributed by atoms with Crippen molar-refractivity contribution in [1.29, 1.82) is 0 Å². The van der Waals surface area contributed by atoms with Crippen LogP contribution in [0.2, 0.25) is 0 Å². The minimum Gasteiger partial charge on any atom is -0.497 e. The number of thiophene rings is 1. The monoisotopic (exact) mass is 506 g/mol.